The Morgan fingerprint density at radius 3 is 2.10 bits per heavy atom. The Labute approximate surface area is 352 Å². The fraction of sp³-hybridized carbons (Fsp3) is 0.727. The van der Waals surface area contributed by atoms with Crippen molar-refractivity contribution in [3.05, 3.63) is 48.6 Å². The number of carbonyl (C=O) groups excluding carboxylic acids is 3. The first kappa shape index (κ1) is 54.0. The van der Waals surface area contributed by atoms with Crippen molar-refractivity contribution in [3.8, 4) is 0 Å². The molecule has 0 aromatic heterocycles. The number of ketones is 1. The maximum absolute atomic E-state index is 12.7. The standard InChI is InChI=1S/C44H74NO13P/c1-3-5-7-8-9-10-11-12-13-14-15-16-17-18-24-28-43(50)58-36(33-56-59(53,54)57-34-39(45)44(51)52)32-55-42(49)27-23-20-19-22-26-37-38(41(48)31-40(37)47)30-29-35(46)25-21-6-4-2/h5,7,9-10,12-13,29-30,35-39,41,46,48H,3-4,6,8,11,14-28,31-34,45H2,1-2H3,(H,51,52)(H,53,54)/b7-5-,10-9-,13-12-,30-29+/t35-,36+,37+,38+,39-,41+/m0/s1. The molecule has 0 bridgehead atoms. The highest BCUT2D eigenvalue weighted by molar-refractivity contribution is 7.47. The molecule has 338 valence electrons. The predicted octanol–water partition coefficient (Wildman–Crippen LogP) is 7.98. The van der Waals surface area contributed by atoms with Crippen LogP contribution in [0.4, 0.5) is 0 Å². The molecule has 0 aliphatic heterocycles. The van der Waals surface area contributed by atoms with Crippen LogP contribution < -0.4 is 5.73 Å². The summed E-state index contributed by atoms with van der Waals surface area (Å²) >= 11 is 0. The number of nitrogens with two attached hydrogens (primary N) is 1. The van der Waals surface area contributed by atoms with Crippen LogP contribution in [-0.4, -0.2) is 88.1 Å². The number of phosphoric acid groups is 1. The van der Waals surface area contributed by atoms with Gasteiger partial charge in [-0.2, -0.15) is 0 Å². The molecule has 1 aliphatic rings. The number of aliphatic carboxylic acids is 1. The van der Waals surface area contributed by atoms with Crippen LogP contribution >= 0.6 is 7.82 Å². The van der Waals surface area contributed by atoms with Gasteiger partial charge in [-0.05, 0) is 57.8 Å². The number of ether oxygens (including phenoxy) is 2. The van der Waals surface area contributed by atoms with Gasteiger partial charge in [-0.3, -0.25) is 28.2 Å². The first-order valence-corrected chi connectivity index (χ1v) is 23.3. The number of phosphoric ester groups is 1. The highest BCUT2D eigenvalue weighted by atomic mass is 31.2. The topological polar surface area (TPSA) is 229 Å². The number of hydrogen-bond acceptors (Lipinski definition) is 12. The number of rotatable bonds is 36. The number of Topliss-reactive ketones (excluding diaryl/α,β-unsaturated/α-hetero) is 1. The van der Waals surface area contributed by atoms with Crippen molar-refractivity contribution in [3.63, 3.8) is 0 Å². The third-order valence-corrected chi connectivity index (χ3v) is 10.9. The molecule has 0 amide bonds. The van der Waals surface area contributed by atoms with E-state index < -0.39 is 69.9 Å². The summed E-state index contributed by atoms with van der Waals surface area (Å²) < 4.78 is 32.6. The van der Waals surface area contributed by atoms with Crippen molar-refractivity contribution in [2.24, 2.45) is 17.6 Å². The average Bonchev–Trinajstić information content (AvgIpc) is 3.47. The summed E-state index contributed by atoms with van der Waals surface area (Å²) in [4.78, 5) is 58.7. The van der Waals surface area contributed by atoms with Crippen LogP contribution in [0.1, 0.15) is 149 Å². The first-order valence-electron chi connectivity index (χ1n) is 21.8. The highest BCUT2D eigenvalue weighted by Crippen LogP contribution is 2.43. The van der Waals surface area contributed by atoms with Crippen LogP contribution in [0, 0.1) is 11.8 Å². The van der Waals surface area contributed by atoms with Gasteiger partial charge in [0.15, 0.2) is 6.10 Å². The molecule has 7 atom stereocenters. The largest absolute Gasteiger partial charge is 0.480 e. The number of hydrogen-bond donors (Lipinski definition) is 5. The molecule has 0 aromatic carbocycles. The van der Waals surface area contributed by atoms with Gasteiger partial charge in [-0.25, -0.2) is 4.57 Å². The number of esters is 2. The molecule has 0 aromatic rings. The Kier molecular flexibility index (Phi) is 30.9. The van der Waals surface area contributed by atoms with E-state index in [1.54, 1.807) is 12.2 Å². The summed E-state index contributed by atoms with van der Waals surface area (Å²) in [6, 6.07) is -1.56. The van der Waals surface area contributed by atoms with Gasteiger partial charge in [0.05, 0.1) is 25.4 Å². The molecule has 1 fully saturated rings. The number of allylic oxidation sites excluding steroid dienone is 6. The molecule has 1 aliphatic carbocycles. The second-order valence-corrected chi connectivity index (χ2v) is 16.7. The molecule has 0 heterocycles. The van der Waals surface area contributed by atoms with E-state index in [0.717, 1.165) is 83.5 Å². The first-order chi connectivity index (χ1) is 28.3. The van der Waals surface area contributed by atoms with Crippen LogP contribution in [0.25, 0.3) is 0 Å². The zero-order valence-corrected chi connectivity index (χ0v) is 36.4. The fourth-order valence-electron chi connectivity index (χ4n) is 6.50. The van der Waals surface area contributed by atoms with Gasteiger partial charge in [0.2, 0.25) is 0 Å². The Morgan fingerprint density at radius 1 is 0.814 bits per heavy atom. The number of aliphatic hydroxyl groups excluding tert-OH is 2. The molecule has 1 unspecified atom stereocenters. The molecule has 14 nitrogen and oxygen atoms in total. The minimum Gasteiger partial charge on any atom is -0.480 e. The van der Waals surface area contributed by atoms with E-state index in [1.807, 2.05) is 0 Å². The van der Waals surface area contributed by atoms with Gasteiger partial charge in [0.25, 0.3) is 0 Å². The lowest BCUT2D eigenvalue weighted by Crippen LogP contribution is -2.34. The molecule has 15 heteroatoms. The lowest BCUT2D eigenvalue weighted by atomic mass is 9.88. The van der Waals surface area contributed by atoms with Gasteiger partial charge < -0.3 is 35.4 Å². The Balaban J connectivity index is 2.49. The number of carbonyl (C=O) groups is 4. The van der Waals surface area contributed by atoms with Gasteiger partial charge in [0, 0.05) is 31.1 Å². The number of carboxylic acids is 1. The smallest absolute Gasteiger partial charge is 0.472 e. The summed E-state index contributed by atoms with van der Waals surface area (Å²) in [5.41, 5.74) is 5.32. The lowest BCUT2D eigenvalue weighted by molar-refractivity contribution is -0.161. The molecule has 6 N–H and O–H groups in total. The summed E-state index contributed by atoms with van der Waals surface area (Å²) in [5, 5.41) is 29.6. The third-order valence-electron chi connectivity index (χ3n) is 9.96. The normalized spacial score (nSPS) is 19.8. The van der Waals surface area contributed by atoms with E-state index in [4.69, 9.17) is 24.8 Å². The van der Waals surface area contributed by atoms with Crippen LogP contribution in [0.2, 0.25) is 0 Å². The van der Waals surface area contributed by atoms with Crippen molar-refractivity contribution in [1.29, 1.82) is 0 Å². The van der Waals surface area contributed by atoms with E-state index in [9.17, 15) is 38.8 Å². The minimum atomic E-state index is -4.78. The molecular formula is C44H74NO13P. The Morgan fingerprint density at radius 2 is 1.42 bits per heavy atom. The molecular weight excluding hydrogens is 781 g/mol. The second-order valence-electron chi connectivity index (χ2n) is 15.2. The van der Waals surface area contributed by atoms with Crippen LogP contribution in [-0.2, 0) is 42.3 Å². The maximum Gasteiger partial charge on any atom is 0.472 e. The zero-order valence-electron chi connectivity index (χ0n) is 35.5. The van der Waals surface area contributed by atoms with Crippen LogP contribution in [0.5, 0.6) is 0 Å². The van der Waals surface area contributed by atoms with E-state index in [-0.39, 0.29) is 36.9 Å². The third kappa shape index (κ3) is 28.2. The molecule has 0 saturated heterocycles. The van der Waals surface area contributed by atoms with Gasteiger partial charge in [-0.15, -0.1) is 0 Å². The summed E-state index contributed by atoms with van der Waals surface area (Å²) in [7, 11) is -4.78. The van der Waals surface area contributed by atoms with Crippen molar-refractivity contribution >= 4 is 31.5 Å². The summed E-state index contributed by atoms with van der Waals surface area (Å²) in [5.74, 6) is -3.20. The van der Waals surface area contributed by atoms with E-state index in [1.165, 1.54) is 0 Å². The number of unbranched alkanes of at least 4 members (excludes halogenated alkanes) is 10. The zero-order chi connectivity index (χ0) is 43.7. The molecule has 1 rings (SSSR count). The monoisotopic (exact) mass is 855 g/mol. The van der Waals surface area contributed by atoms with E-state index >= 15 is 0 Å². The van der Waals surface area contributed by atoms with Crippen molar-refractivity contribution in [2.75, 3.05) is 19.8 Å². The summed E-state index contributed by atoms with van der Waals surface area (Å²) in [6.45, 7) is 2.32. The number of carboxylic acid groups (broad SMARTS) is 1. The van der Waals surface area contributed by atoms with Crippen molar-refractivity contribution in [1.82, 2.24) is 0 Å². The van der Waals surface area contributed by atoms with Crippen LogP contribution in [0.15, 0.2) is 48.6 Å². The quantitative estimate of drug-likeness (QED) is 0.0174. The molecule has 0 radical (unpaired) electrons. The van der Waals surface area contributed by atoms with E-state index in [2.05, 4.69) is 54.8 Å². The Bertz CT molecular complexity index is 1350. The van der Waals surface area contributed by atoms with Gasteiger partial charge in [-0.1, -0.05) is 120 Å². The SMILES string of the molecule is CC/C=C\C/C=C\C/C=C\CCCCCCCC(=O)O[C@H](COC(=O)CCCCCC[C@H]1C(=O)C[C@@H](O)[C@@H]1/C=C/[C@@H](O)CCCCC)COP(=O)(O)OC[C@H](N)C(=O)O. The summed E-state index contributed by atoms with van der Waals surface area (Å²) in [6.07, 6.45) is 29.4. The minimum absolute atomic E-state index is 0.0214. The average molecular weight is 856 g/mol. The Hall–Kier alpha value is -2.97. The highest BCUT2D eigenvalue weighted by Gasteiger charge is 2.39. The maximum atomic E-state index is 12.7. The van der Waals surface area contributed by atoms with Crippen molar-refractivity contribution < 1.29 is 62.5 Å². The molecule has 1 saturated carbocycles. The fourth-order valence-corrected chi connectivity index (χ4v) is 7.28. The van der Waals surface area contributed by atoms with Crippen LogP contribution in [0.3, 0.4) is 0 Å². The second kappa shape index (κ2) is 33.7. The van der Waals surface area contributed by atoms with E-state index in [0.29, 0.717) is 32.1 Å². The lowest BCUT2D eigenvalue weighted by Gasteiger charge is -2.20. The number of aliphatic hydroxyl groups is 2. The molecule has 0 spiro atoms. The van der Waals surface area contributed by atoms with Gasteiger partial charge in [0.1, 0.15) is 18.4 Å². The predicted molar refractivity (Wildman–Crippen MR) is 227 cm³/mol. The van der Waals surface area contributed by atoms with Crippen molar-refractivity contribution in [2.45, 2.75) is 173 Å². The molecule has 59 heavy (non-hydrogen) atoms. The van der Waals surface area contributed by atoms with Gasteiger partial charge >= 0.3 is 25.7 Å².